The van der Waals surface area contributed by atoms with E-state index in [1.165, 1.54) is 18.3 Å². The fourth-order valence-corrected chi connectivity index (χ4v) is 5.56. The van der Waals surface area contributed by atoms with E-state index in [1.54, 1.807) is 12.1 Å². The van der Waals surface area contributed by atoms with Gasteiger partial charge in [-0.2, -0.15) is 0 Å². The minimum absolute atomic E-state index is 0.155. The third-order valence-corrected chi connectivity index (χ3v) is 8.49. The Labute approximate surface area is 224 Å². The number of sulfonamides is 1. The Hall–Kier alpha value is -3.66. The Balaban J connectivity index is 1.78. The first-order valence-electron chi connectivity index (χ1n) is 12.7. The number of rotatable bonds is 8. The van der Waals surface area contributed by atoms with E-state index in [-0.39, 0.29) is 21.8 Å². The van der Waals surface area contributed by atoms with Gasteiger partial charge in [-0.3, -0.25) is 4.79 Å². The molecule has 3 N–H and O–H groups in total. The van der Waals surface area contributed by atoms with E-state index >= 15 is 0 Å². The van der Waals surface area contributed by atoms with Gasteiger partial charge in [-0.05, 0) is 68.5 Å². The van der Waals surface area contributed by atoms with E-state index in [9.17, 15) is 13.2 Å². The van der Waals surface area contributed by atoms with Gasteiger partial charge in [0.2, 0.25) is 0 Å². The van der Waals surface area contributed by atoms with E-state index in [4.69, 9.17) is 15.5 Å². The van der Waals surface area contributed by atoms with Gasteiger partial charge in [0, 0.05) is 23.8 Å². The Morgan fingerprint density at radius 2 is 1.92 bits per heavy atom. The number of pyridine rings is 2. The molecule has 0 radical (unpaired) electrons. The second-order valence-electron chi connectivity index (χ2n) is 10.6. The number of hydrogen-bond donors (Lipinski definition) is 2. The highest BCUT2D eigenvalue weighted by Crippen LogP contribution is 2.40. The zero-order valence-electron chi connectivity index (χ0n) is 22.4. The third kappa shape index (κ3) is 5.45. The molecular formula is C28H35N5O4S. The maximum atomic E-state index is 13.5. The summed E-state index contributed by atoms with van der Waals surface area (Å²) in [5, 5.41) is 0. The van der Waals surface area contributed by atoms with Crippen molar-refractivity contribution in [3.05, 3.63) is 60.3 Å². The molecule has 38 heavy (non-hydrogen) atoms. The van der Waals surface area contributed by atoms with Gasteiger partial charge in [-0.1, -0.05) is 32.9 Å². The number of nitrogen functional groups attached to an aromatic ring is 1. The standard InChI is InChI=1S/C28H35N5O4S/c1-18(2)17-37-23-10-7-6-9-20(23)22-13-12-21(26(31-22)33-16-14-19(3)28(33,4)5)27(34)32-38(35,36)24-11-8-15-30-25(24)29/h6-13,15,18-19H,14,16-17H2,1-5H3,(H2,29,30)(H,32,34). The zero-order chi connectivity index (χ0) is 27.7. The van der Waals surface area contributed by atoms with Crippen LogP contribution in [-0.2, 0) is 10.0 Å². The average Bonchev–Trinajstić information content (AvgIpc) is 3.14. The van der Waals surface area contributed by atoms with E-state index in [1.807, 2.05) is 24.3 Å². The predicted octanol–water partition coefficient (Wildman–Crippen LogP) is 4.50. The first-order chi connectivity index (χ1) is 17.9. The van der Waals surface area contributed by atoms with Gasteiger partial charge >= 0.3 is 0 Å². The fourth-order valence-electron chi connectivity index (χ4n) is 4.51. The zero-order valence-corrected chi connectivity index (χ0v) is 23.2. The van der Waals surface area contributed by atoms with Crippen molar-refractivity contribution in [2.45, 2.75) is 51.5 Å². The molecule has 1 amide bonds. The molecule has 1 aliphatic heterocycles. The van der Waals surface area contributed by atoms with Crippen LogP contribution in [0.4, 0.5) is 11.6 Å². The van der Waals surface area contributed by atoms with Gasteiger partial charge in [0.25, 0.3) is 15.9 Å². The summed E-state index contributed by atoms with van der Waals surface area (Å²) in [4.78, 5) is 24.1. The molecule has 0 aliphatic carbocycles. The largest absolute Gasteiger partial charge is 0.493 e. The highest BCUT2D eigenvalue weighted by Gasteiger charge is 2.41. The second kappa shape index (κ2) is 10.6. The van der Waals surface area contributed by atoms with Crippen LogP contribution < -0.4 is 20.1 Å². The summed E-state index contributed by atoms with van der Waals surface area (Å²) in [7, 11) is -4.26. The van der Waals surface area contributed by atoms with Crippen molar-refractivity contribution in [3.8, 4) is 17.0 Å². The van der Waals surface area contributed by atoms with Crippen LogP contribution in [0.25, 0.3) is 11.3 Å². The maximum absolute atomic E-state index is 13.5. The summed E-state index contributed by atoms with van der Waals surface area (Å²) >= 11 is 0. The van der Waals surface area contributed by atoms with Crippen LogP contribution in [0.3, 0.4) is 0 Å². The van der Waals surface area contributed by atoms with Gasteiger partial charge in [-0.25, -0.2) is 23.1 Å². The van der Waals surface area contributed by atoms with Crippen molar-refractivity contribution in [1.82, 2.24) is 14.7 Å². The molecule has 2 aromatic heterocycles. The van der Waals surface area contributed by atoms with Gasteiger partial charge in [0.05, 0.1) is 17.9 Å². The molecular weight excluding hydrogens is 502 g/mol. The second-order valence-corrected chi connectivity index (χ2v) is 12.2. The molecule has 9 nitrogen and oxygen atoms in total. The summed E-state index contributed by atoms with van der Waals surface area (Å²) in [6.45, 7) is 11.8. The number of aromatic nitrogens is 2. The van der Waals surface area contributed by atoms with Crippen LogP contribution in [0, 0.1) is 11.8 Å². The SMILES string of the molecule is CC(C)COc1ccccc1-c1ccc(C(=O)NS(=O)(=O)c2cccnc2N)c(N2CCC(C)C2(C)C)n1. The van der Waals surface area contributed by atoms with Gasteiger partial charge in [-0.15, -0.1) is 0 Å². The van der Waals surface area contributed by atoms with Crippen molar-refractivity contribution < 1.29 is 17.9 Å². The number of nitrogens with zero attached hydrogens (tertiary/aromatic N) is 3. The maximum Gasteiger partial charge on any atom is 0.268 e. The average molecular weight is 538 g/mol. The highest BCUT2D eigenvalue weighted by molar-refractivity contribution is 7.90. The molecule has 0 spiro atoms. The topological polar surface area (TPSA) is 128 Å². The molecule has 10 heteroatoms. The molecule has 3 heterocycles. The number of nitrogens with one attached hydrogen (secondary N) is 1. The summed E-state index contributed by atoms with van der Waals surface area (Å²) < 4.78 is 34.2. The number of hydrogen-bond acceptors (Lipinski definition) is 8. The fraction of sp³-hybridized carbons (Fsp3) is 0.393. The molecule has 4 rings (SSSR count). The minimum atomic E-state index is -4.26. The van der Waals surface area contributed by atoms with Gasteiger partial charge < -0.3 is 15.4 Å². The quantitative estimate of drug-likeness (QED) is 0.430. The summed E-state index contributed by atoms with van der Waals surface area (Å²) in [5.74, 6) is 0.823. The highest BCUT2D eigenvalue weighted by atomic mass is 32.2. The molecule has 1 aromatic carbocycles. The van der Waals surface area contributed by atoms with Crippen LogP contribution >= 0.6 is 0 Å². The number of anilines is 2. The van der Waals surface area contributed by atoms with Crippen molar-refractivity contribution in [2.75, 3.05) is 23.8 Å². The number of ether oxygens (including phenoxy) is 1. The Morgan fingerprint density at radius 3 is 2.58 bits per heavy atom. The smallest absolute Gasteiger partial charge is 0.268 e. The third-order valence-electron chi connectivity index (χ3n) is 7.11. The summed E-state index contributed by atoms with van der Waals surface area (Å²) in [6.07, 6.45) is 2.30. The molecule has 1 atom stereocenters. The van der Waals surface area contributed by atoms with Crippen molar-refractivity contribution >= 4 is 27.6 Å². The number of para-hydroxylation sites is 1. The Bertz CT molecular complexity index is 1440. The molecule has 1 fully saturated rings. The van der Waals surface area contributed by atoms with Gasteiger partial charge in [0.15, 0.2) is 0 Å². The minimum Gasteiger partial charge on any atom is -0.493 e. The lowest BCUT2D eigenvalue weighted by Gasteiger charge is -2.36. The lowest BCUT2D eigenvalue weighted by molar-refractivity contribution is 0.0981. The molecule has 0 bridgehead atoms. The predicted molar refractivity (Wildman–Crippen MR) is 149 cm³/mol. The van der Waals surface area contributed by atoms with Crippen LogP contribution in [0.1, 0.15) is 51.4 Å². The summed E-state index contributed by atoms with van der Waals surface area (Å²) in [6, 6.07) is 13.7. The van der Waals surface area contributed by atoms with Crippen LogP contribution in [0.5, 0.6) is 5.75 Å². The molecule has 1 saturated heterocycles. The Morgan fingerprint density at radius 1 is 1.18 bits per heavy atom. The number of carbonyl (C=O) groups is 1. The molecule has 3 aromatic rings. The lowest BCUT2D eigenvalue weighted by atomic mass is 9.90. The molecule has 1 unspecified atom stereocenters. The monoisotopic (exact) mass is 537 g/mol. The normalized spacial score (nSPS) is 17.0. The first kappa shape index (κ1) is 27.4. The molecule has 0 saturated carbocycles. The number of carbonyl (C=O) groups excluding carboxylic acids is 1. The van der Waals surface area contributed by atoms with E-state index in [2.05, 4.69) is 49.2 Å². The number of benzene rings is 1. The van der Waals surface area contributed by atoms with Gasteiger partial charge in [0.1, 0.15) is 22.3 Å². The summed E-state index contributed by atoms with van der Waals surface area (Å²) in [5.41, 5.74) is 7.04. The first-order valence-corrected chi connectivity index (χ1v) is 14.2. The van der Waals surface area contributed by atoms with Crippen molar-refractivity contribution in [1.29, 1.82) is 0 Å². The van der Waals surface area contributed by atoms with Crippen molar-refractivity contribution in [3.63, 3.8) is 0 Å². The van der Waals surface area contributed by atoms with Crippen LogP contribution in [0.2, 0.25) is 0 Å². The number of nitrogens with two attached hydrogens (primary N) is 1. The molecule has 1 aliphatic rings. The van der Waals surface area contributed by atoms with E-state index < -0.39 is 15.9 Å². The van der Waals surface area contributed by atoms with Crippen LogP contribution in [0.15, 0.2) is 59.6 Å². The van der Waals surface area contributed by atoms with Crippen molar-refractivity contribution in [2.24, 2.45) is 11.8 Å². The molecule has 202 valence electrons. The number of amides is 1. The van der Waals surface area contributed by atoms with Crippen LogP contribution in [-0.4, -0.2) is 43.0 Å². The van der Waals surface area contributed by atoms with E-state index in [0.717, 1.165) is 12.0 Å². The Kier molecular flexibility index (Phi) is 7.64. The van der Waals surface area contributed by atoms with E-state index in [0.29, 0.717) is 42.2 Å². The lowest BCUT2D eigenvalue weighted by Crippen LogP contribution is -2.43.